The van der Waals surface area contributed by atoms with Crippen molar-refractivity contribution in [3.8, 4) is 0 Å². The van der Waals surface area contributed by atoms with Gasteiger partial charge in [-0.15, -0.1) is 0 Å². The molecule has 0 bridgehead atoms. The van der Waals surface area contributed by atoms with Gasteiger partial charge in [-0.1, -0.05) is 6.92 Å². The van der Waals surface area contributed by atoms with E-state index in [-0.39, 0.29) is 6.03 Å². The molecule has 0 saturated carbocycles. The Bertz CT molecular complexity index is 76.4. The van der Waals surface area contributed by atoms with Crippen LogP contribution < -0.4 is 10.0 Å². The molecule has 0 atom stereocenters. The molecule has 0 aromatic heterocycles. The van der Waals surface area contributed by atoms with Crippen molar-refractivity contribution in [2.24, 2.45) is 0 Å². The summed E-state index contributed by atoms with van der Waals surface area (Å²) in [5.74, 6) is 0.896. The van der Waals surface area contributed by atoms with E-state index in [9.17, 15) is 4.79 Å². The molecule has 2 N–H and O–H groups in total. The van der Waals surface area contributed by atoms with Crippen molar-refractivity contribution in [1.29, 1.82) is 0 Å². The number of rotatable bonds is 2. The molecule has 0 aliphatic heterocycles. The molecule has 0 rings (SSSR count). The van der Waals surface area contributed by atoms with Gasteiger partial charge < -0.3 is 5.32 Å². The van der Waals surface area contributed by atoms with Gasteiger partial charge in [0.15, 0.2) is 0 Å². The highest BCUT2D eigenvalue weighted by Gasteiger charge is 1.89. The van der Waals surface area contributed by atoms with E-state index in [1.165, 1.54) is 11.9 Å². The molecule has 0 heterocycles. The third-order valence-electron chi connectivity index (χ3n) is 0.536. The number of carbonyl (C=O) groups is 1. The lowest BCUT2D eigenvalue weighted by molar-refractivity contribution is 0.248. The molecule has 3 nitrogen and oxygen atoms in total. The van der Waals surface area contributed by atoms with E-state index in [4.69, 9.17) is 0 Å². The Labute approximate surface area is 53.4 Å². The highest BCUT2D eigenvalue weighted by Crippen LogP contribution is 1.87. The maximum absolute atomic E-state index is 10.3. The number of carbonyl (C=O) groups excluding carboxylic acids is 1. The van der Waals surface area contributed by atoms with Gasteiger partial charge in [0.05, 0.1) is 0 Å². The largest absolute Gasteiger partial charge is 0.341 e. The van der Waals surface area contributed by atoms with E-state index in [1.54, 1.807) is 7.05 Å². The van der Waals surface area contributed by atoms with Crippen molar-refractivity contribution >= 4 is 18.0 Å². The summed E-state index contributed by atoms with van der Waals surface area (Å²) in [5, 5.41) is 2.43. The molecule has 0 fully saturated rings. The highest BCUT2D eigenvalue weighted by molar-refractivity contribution is 7.97. The second-order valence-corrected chi connectivity index (χ2v) is 2.18. The van der Waals surface area contributed by atoms with Crippen molar-refractivity contribution in [3.63, 3.8) is 0 Å². The highest BCUT2D eigenvalue weighted by atomic mass is 32.2. The molecule has 0 unspecified atom stereocenters. The standard InChI is InChI=1S/C4H10N2OS/c1-3-8-6-4(7)5-2/h3H2,1-2H3,(H2,5,6,7). The predicted molar refractivity (Wildman–Crippen MR) is 35.7 cm³/mol. The van der Waals surface area contributed by atoms with Crippen LogP contribution >= 0.6 is 11.9 Å². The average Bonchev–Trinajstić information content (AvgIpc) is 1.83. The minimum atomic E-state index is -0.142. The van der Waals surface area contributed by atoms with Crippen LogP contribution in [0.2, 0.25) is 0 Å². The van der Waals surface area contributed by atoms with Crippen LogP contribution in [0.3, 0.4) is 0 Å². The van der Waals surface area contributed by atoms with Gasteiger partial charge in [0, 0.05) is 12.8 Å². The SMILES string of the molecule is CCSNC(=O)NC. The molecule has 0 spiro atoms. The lowest BCUT2D eigenvalue weighted by atomic mass is 11.0. The molecule has 0 aromatic carbocycles. The lowest BCUT2D eigenvalue weighted by Crippen LogP contribution is -2.27. The Kier molecular flexibility index (Phi) is 4.54. The number of amides is 2. The molecule has 0 aromatic rings. The van der Waals surface area contributed by atoms with Crippen LogP contribution in [0.25, 0.3) is 0 Å². The first-order valence-corrected chi connectivity index (χ1v) is 3.39. The molecule has 0 radical (unpaired) electrons. The Morgan fingerprint density at radius 1 is 1.75 bits per heavy atom. The fraction of sp³-hybridized carbons (Fsp3) is 0.750. The van der Waals surface area contributed by atoms with Gasteiger partial charge in [-0.2, -0.15) is 0 Å². The second-order valence-electron chi connectivity index (χ2n) is 1.11. The fourth-order valence-corrected chi connectivity index (χ4v) is 0.566. The van der Waals surface area contributed by atoms with Crippen molar-refractivity contribution in [2.75, 3.05) is 12.8 Å². The molecular weight excluding hydrogens is 124 g/mol. The first kappa shape index (κ1) is 7.62. The van der Waals surface area contributed by atoms with Gasteiger partial charge in [0.25, 0.3) is 0 Å². The second kappa shape index (κ2) is 4.77. The fourth-order valence-electron chi connectivity index (χ4n) is 0.189. The third kappa shape index (κ3) is 3.80. The van der Waals surface area contributed by atoms with E-state index in [1.807, 2.05) is 6.92 Å². The quantitative estimate of drug-likeness (QED) is 0.542. The van der Waals surface area contributed by atoms with Gasteiger partial charge in [-0.3, -0.25) is 4.72 Å². The summed E-state index contributed by atoms with van der Waals surface area (Å²) in [5.41, 5.74) is 0. The summed E-state index contributed by atoms with van der Waals surface area (Å²) in [4.78, 5) is 10.3. The van der Waals surface area contributed by atoms with Gasteiger partial charge in [-0.25, -0.2) is 4.79 Å². The van der Waals surface area contributed by atoms with E-state index in [0.717, 1.165) is 5.75 Å². The monoisotopic (exact) mass is 134 g/mol. The summed E-state index contributed by atoms with van der Waals surface area (Å²) in [7, 11) is 1.59. The first-order chi connectivity index (χ1) is 3.81. The van der Waals surface area contributed by atoms with Gasteiger partial charge in [0.2, 0.25) is 0 Å². The van der Waals surface area contributed by atoms with Crippen molar-refractivity contribution in [3.05, 3.63) is 0 Å². The van der Waals surface area contributed by atoms with E-state index >= 15 is 0 Å². The molecule has 8 heavy (non-hydrogen) atoms. The summed E-state index contributed by atoms with van der Waals surface area (Å²) in [6, 6.07) is -0.142. The smallest absolute Gasteiger partial charge is 0.324 e. The van der Waals surface area contributed by atoms with Gasteiger partial charge in [0.1, 0.15) is 0 Å². The minimum Gasteiger partial charge on any atom is -0.341 e. The normalized spacial score (nSPS) is 8.25. The van der Waals surface area contributed by atoms with Crippen molar-refractivity contribution < 1.29 is 4.79 Å². The first-order valence-electron chi connectivity index (χ1n) is 2.40. The molecule has 0 aliphatic carbocycles. The van der Waals surface area contributed by atoms with Crippen LogP contribution in [0.4, 0.5) is 4.79 Å². The lowest BCUT2D eigenvalue weighted by Gasteiger charge is -1.97. The predicted octanol–water partition coefficient (Wildman–Crippen LogP) is 0.584. The zero-order valence-electron chi connectivity index (χ0n) is 5.02. The van der Waals surface area contributed by atoms with Crippen molar-refractivity contribution in [1.82, 2.24) is 10.0 Å². The van der Waals surface area contributed by atoms with Crippen LogP contribution in [0.5, 0.6) is 0 Å². The Balaban J connectivity index is 2.99. The molecule has 0 aliphatic rings. The minimum absolute atomic E-state index is 0.142. The van der Waals surface area contributed by atoms with Crippen LogP contribution in [-0.2, 0) is 0 Å². The summed E-state index contributed by atoms with van der Waals surface area (Å²) in [6.45, 7) is 1.97. The molecule has 48 valence electrons. The maximum Gasteiger partial charge on any atom is 0.324 e. The molecule has 4 heteroatoms. The topological polar surface area (TPSA) is 41.1 Å². The average molecular weight is 134 g/mol. The van der Waals surface area contributed by atoms with Gasteiger partial charge >= 0.3 is 6.03 Å². The Morgan fingerprint density at radius 2 is 2.38 bits per heavy atom. The van der Waals surface area contributed by atoms with Crippen LogP contribution in [0, 0.1) is 0 Å². The van der Waals surface area contributed by atoms with E-state index in [0.29, 0.717) is 0 Å². The van der Waals surface area contributed by atoms with Crippen molar-refractivity contribution in [2.45, 2.75) is 6.92 Å². The molecule has 0 saturated heterocycles. The summed E-state index contributed by atoms with van der Waals surface area (Å²) in [6.07, 6.45) is 0. The van der Waals surface area contributed by atoms with E-state index < -0.39 is 0 Å². The Hall–Kier alpha value is -0.380. The zero-order valence-corrected chi connectivity index (χ0v) is 5.84. The van der Waals surface area contributed by atoms with E-state index in [2.05, 4.69) is 10.0 Å². The van der Waals surface area contributed by atoms with Crippen LogP contribution in [0.15, 0.2) is 0 Å². The van der Waals surface area contributed by atoms with Crippen LogP contribution in [-0.4, -0.2) is 18.8 Å². The molecular formula is C4H10N2OS. The third-order valence-corrected chi connectivity index (χ3v) is 1.15. The molecule has 2 amide bonds. The van der Waals surface area contributed by atoms with Crippen LogP contribution in [0.1, 0.15) is 6.92 Å². The van der Waals surface area contributed by atoms with Gasteiger partial charge in [-0.05, 0) is 11.9 Å². The number of urea groups is 1. The summed E-state index contributed by atoms with van der Waals surface area (Å²) >= 11 is 1.38. The zero-order chi connectivity index (χ0) is 6.41. The Morgan fingerprint density at radius 3 is 2.75 bits per heavy atom. The summed E-state index contributed by atoms with van der Waals surface area (Å²) < 4.78 is 2.55. The number of nitrogens with one attached hydrogen (secondary N) is 2. The number of hydrogen-bond acceptors (Lipinski definition) is 2. The maximum atomic E-state index is 10.3. The number of hydrogen-bond donors (Lipinski definition) is 2.